The number of fused-ring (bicyclic) bond motifs is 10. The Morgan fingerprint density at radius 1 is 0.330 bits per heavy atom. The van der Waals surface area contributed by atoms with E-state index in [1.807, 2.05) is 0 Å². The molecule has 3 aliphatic rings. The second-order valence-corrected chi connectivity index (χ2v) is 25.4. The molecule has 0 spiro atoms. The predicted octanol–water partition coefficient (Wildman–Crippen LogP) is 25.1. The Morgan fingerprint density at radius 3 is 1.34 bits per heavy atom. The third-order valence-electron chi connectivity index (χ3n) is 20.4. The Bertz CT molecular complexity index is 5320. The van der Waals surface area contributed by atoms with Crippen LogP contribution in [0.15, 0.2) is 252 Å². The van der Waals surface area contributed by atoms with Crippen molar-refractivity contribution in [3.05, 3.63) is 259 Å². The standard InChI is InChI=1S/C84H66N2O2/c1-5-21-53(22-6-1)59-31-17-33-63(49-59)85(75-39-19-37-69-79-65-35-15-13-29-61(65)51-71(83(79)87-81(69)75)55-25-9-3-10-26-55)73-47-43-57-42-46-68-74(48-44-58-41-45-67(73)77(57)78(58)68)86(64-34-18-32-60(50-64)54-23-7-2-8-24-54)76-40-20-38-70-80-66-36-16-14-30-62(66)52-72(84(80)88-82(70)76)56-27-11-4-12-28-56/h3-4,9-11,13-20,25-27,29-54H,1-2,5-8,12,21-24,28H2. The molecule has 0 atom stereocenters. The van der Waals surface area contributed by atoms with Crippen molar-refractivity contribution in [1.29, 1.82) is 0 Å². The molecule has 2 aromatic heterocycles. The molecule has 2 saturated carbocycles. The number of anilines is 6. The summed E-state index contributed by atoms with van der Waals surface area (Å²) in [5.41, 5.74) is 17.8. The van der Waals surface area contributed by atoms with E-state index >= 15 is 0 Å². The van der Waals surface area contributed by atoms with Gasteiger partial charge in [-0.2, -0.15) is 0 Å². The van der Waals surface area contributed by atoms with Gasteiger partial charge in [0, 0.05) is 54.8 Å². The Hall–Kier alpha value is -9.90. The minimum absolute atomic E-state index is 0.530. The third-order valence-corrected chi connectivity index (χ3v) is 20.4. The minimum Gasteiger partial charge on any atom is -0.453 e. The number of para-hydroxylation sites is 2. The summed E-state index contributed by atoms with van der Waals surface area (Å²) < 4.78 is 15.0. The van der Waals surface area contributed by atoms with Crippen molar-refractivity contribution < 1.29 is 8.83 Å². The Kier molecular flexibility index (Phi) is 12.2. The first-order chi connectivity index (χ1) is 43.7. The number of rotatable bonds is 10. The molecular formula is C84H66N2O2. The van der Waals surface area contributed by atoms with Gasteiger partial charge in [0.15, 0.2) is 11.2 Å². The van der Waals surface area contributed by atoms with Gasteiger partial charge in [-0.1, -0.05) is 221 Å². The fourth-order valence-electron chi connectivity index (χ4n) is 16.2. The maximum absolute atomic E-state index is 7.52. The van der Waals surface area contributed by atoms with E-state index in [1.165, 1.54) is 146 Å². The largest absolute Gasteiger partial charge is 0.453 e. The third kappa shape index (κ3) is 8.25. The lowest BCUT2D eigenvalue weighted by Crippen LogP contribution is -2.13. The fourth-order valence-corrected chi connectivity index (χ4v) is 16.2. The highest BCUT2D eigenvalue weighted by Gasteiger charge is 2.29. The predicted molar refractivity (Wildman–Crippen MR) is 373 cm³/mol. The fraction of sp³-hybridized carbons (Fsp3) is 0.167. The lowest BCUT2D eigenvalue weighted by atomic mass is 9.84. The molecule has 0 amide bonds. The molecule has 15 aromatic rings. The van der Waals surface area contributed by atoms with E-state index in [1.54, 1.807) is 0 Å². The molecule has 4 nitrogen and oxygen atoms in total. The first-order valence-electron chi connectivity index (χ1n) is 32.3. The lowest BCUT2D eigenvalue weighted by Gasteiger charge is -2.30. The molecule has 0 bridgehead atoms. The normalized spacial score (nSPS) is 15.3. The first kappa shape index (κ1) is 51.3. The van der Waals surface area contributed by atoms with Gasteiger partial charge in [-0.05, 0) is 176 Å². The summed E-state index contributed by atoms with van der Waals surface area (Å²) in [4.78, 5) is 5.06. The van der Waals surface area contributed by atoms with Gasteiger partial charge in [0.2, 0.25) is 0 Å². The summed E-state index contributed by atoms with van der Waals surface area (Å²) >= 11 is 0. The molecular weight excluding hydrogens is 1070 g/mol. The van der Waals surface area contributed by atoms with Crippen molar-refractivity contribution in [3.63, 3.8) is 0 Å². The topological polar surface area (TPSA) is 32.8 Å². The molecule has 18 rings (SSSR count). The Morgan fingerprint density at radius 2 is 0.807 bits per heavy atom. The van der Waals surface area contributed by atoms with Gasteiger partial charge in [-0.15, -0.1) is 0 Å². The molecule has 0 saturated heterocycles. The maximum Gasteiger partial charge on any atom is 0.159 e. The second-order valence-electron chi connectivity index (χ2n) is 25.4. The number of furan rings is 2. The molecule has 2 heterocycles. The van der Waals surface area contributed by atoms with E-state index < -0.39 is 0 Å². The molecule has 13 aromatic carbocycles. The monoisotopic (exact) mass is 1130 g/mol. The molecule has 0 radical (unpaired) electrons. The molecule has 3 aliphatic carbocycles. The van der Waals surface area contributed by atoms with Crippen LogP contribution >= 0.6 is 0 Å². The van der Waals surface area contributed by atoms with Gasteiger partial charge in [-0.25, -0.2) is 0 Å². The zero-order chi connectivity index (χ0) is 57.8. The summed E-state index contributed by atoms with van der Waals surface area (Å²) in [7, 11) is 0. The number of hydrogen-bond acceptors (Lipinski definition) is 4. The van der Waals surface area contributed by atoms with Crippen LogP contribution in [0, 0.1) is 0 Å². The SMILES string of the molecule is C1=CCCC(c2cc3ccccc3c3c2oc2c(N(c4cccc(C5CCCCC5)c4)c4ccc5ccc6c(N(c7cccc(C8CCCCC8)c7)c7cccc8c7oc7c(-c9ccccc9)cc9ccccc9c78)ccc7ccc4c5c76)cccc23)=C1. The number of benzene rings is 13. The number of hydrogen-bond donors (Lipinski definition) is 0. The first-order valence-corrected chi connectivity index (χ1v) is 32.3. The lowest BCUT2D eigenvalue weighted by molar-refractivity contribution is 0.443. The maximum atomic E-state index is 7.52. The van der Waals surface area contributed by atoms with Gasteiger partial charge < -0.3 is 18.6 Å². The Balaban J connectivity index is 0.885. The van der Waals surface area contributed by atoms with Crippen molar-refractivity contribution in [2.75, 3.05) is 9.80 Å². The van der Waals surface area contributed by atoms with Crippen molar-refractivity contribution in [2.45, 2.75) is 88.9 Å². The number of allylic oxidation sites excluding steroid dienone is 4. The van der Waals surface area contributed by atoms with Crippen LogP contribution in [-0.2, 0) is 0 Å². The van der Waals surface area contributed by atoms with Crippen LogP contribution in [0.2, 0.25) is 0 Å². The van der Waals surface area contributed by atoms with E-state index in [9.17, 15) is 0 Å². The summed E-state index contributed by atoms with van der Waals surface area (Å²) in [6.45, 7) is 0. The van der Waals surface area contributed by atoms with Gasteiger partial charge in [0.1, 0.15) is 11.2 Å². The van der Waals surface area contributed by atoms with Crippen LogP contribution in [0.4, 0.5) is 34.1 Å². The van der Waals surface area contributed by atoms with E-state index in [2.05, 4.69) is 252 Å². The van der Waals surface area contributed by atoms with E-state index in [0.29, 0.717) is 11.8 Å². The van der Waals surface area contributed by atoms with Gasteiger partial charge >= 0.3 is 0 Å². The molecule has 2 fully saturated rings. The highest BCUT2D eigenvalue weighted by Crippen LogP contribution is 2.53. The van der Waals surface area contributed by atoms with Crippen LogP contribution in [0.1, 0.15) is 106 Å². The zero-order valence-corrected chi connectivity index (χ0v) is 49.4. The highest BCUT2D eigenvalue weighted by atomic mass is 16.3. The minimum atomic E-state index is 0.530. The van der Waals surface area contributed by atoms with E-state index in [-0.39, 0.29) is 0 Å². The average Bonchev–Trinajstić information content (AvgIpc) is 1.28. The van der Waals surface area contributed by atoms with Crippen molar-refractivity contribution in [1.82, 2.24) is 0 Å². The molecule has 0 unspecified atom stereocenters. The molecule has 0 N–H and O–H groups in total. The smallest absolute Gasteiger partial charge is 0.159 e. The van der Waals surface area contributed by atoms with Gasteiger partial charge in [0.05, 0.1) is 22.7 Å². The van der Waals surface area contributed by atoms with Crippen LogP contribution in [0.5, 0.6) is 0 Å². The molecule has 88 heavy (non-hydrogen) atoms. The van der Waals surface area contributed by atoms with E-state index in [0.717, 1.165) is 96.6 Å². The number of nitrogens with zero attached hydrogens (tertiary/aromatic N) is 2. The van der Waals surface area contributed by atoms with Crippen molar-refractivity contribution >= 4 is 137 Å². The summed E-state index contributed by atoms with van der Waals surface area (Å²) in [6, 6.07) is 84.7. The highest BCUT2D eigenvalue weighted by molar-refractivity contribution is 6.30. The Labute approximate surface area is 512 Å². The molecule has 424 valence electrons. The van der Waals surface area contributed by atoms with Crippen LogP contribution in [-0.4, -0.2) is 0 Å². The van der Waals surface area contributed by atoms with Crippen molar-refractivity contribution in [2.24, 2.45) is 0 Å². The van der Waals surface area contributed by atoms with Crippen LogP contribution in [0.3, 0.4) is 0 Å². The van der Waals surface area contributed by atoms with Crippen LogP contribution in [0.25, 0.3) is 114 Å². The average molecular weight is 1140 g/mol. The summed E-state index contributed by atoms with van der Waals surface area (Å²) in [5.74, 6) is 1.06. The quantitative estimate of drug-likeness (QED) is 0.128. The van der Waals surface area contributed by atoms with Crippen LogP contribution < -0.4 is 9.80 Å². The molecule has 4 heteroatoms. The second kappa shape index (κ2) is 20.9. The van der Waals surface area contributed by atoms with E-state index in [4.69, 9.17) is 8.83 Å². The zero-order valence-electron chi connectivity index (χ0n) is 49.4. The van der Waals surface area contributed by atoms with Gasteiger partial charge in [-0.3, -0.25) is 0 Å². The summed E-state index contributed by atoms with van der Waals surface area (Å²) in [5, 5.41) is 16.7. The molecule has 0 aliphatic heterocycles. The van der Waals surface area contributed by atoms with Crippen molar-refractivity contribution in [3.8, 4) is 11.1 Å². The summed E-state index contributed by atoms with van der Waals surface area (Å²) in [6.07, 6.45) is 21.4. The van der Waals surface area contributed by atoms with Gasteiger partial charge in [0.25, 0.3) is 0 Å².